The van der Waals surface area contributed by atoms with Crippen molar-refractivity contribution in [1.29, 1.82) is 0 Å². The predicted octanol–water partition coefficient (Wildman–Crippen LogP) is 1.16. The number of anilines is 1. The summed E-state index contributed by atoms with van der Waals surface area (Å²) < 4.78 is 1.38. The van der Waals surface area contributed by atoms with Crippen LogP contribution in [0.1, 0.15) is 10.5 Å². The summed E-state index contributed by atoms with van der Waals surface area (Å²) in [5.41, 5.74) is 0.186. The maximum atomic E-state index is 11.9. The van der Waals surface area contributed by atoms with Crippen molar-refractivity contribution in [1.82, 2.24) is 15.1 Å². The van der Waals surface area contributed by atoms with Gasteiger partial charge in [0.05, 0.1) is 16.7 Å². The van der Waals surface area contributed by atoms with Gasteiger partial charge in [0.25, 0.3) is 11.6 Å². The lowest BCUT2D eigenvalue weighted by Crippen LogP contribution is -2.35. The third-order valence-corrected chi connectivity index (χ3v) is 2.93. The van der Waals surface area contributed by atoms with Crippen molar-refractivity contribution in [2.45, 2.75) is 0 Å². The highest BCUT2D eigenvalue weighted by atomic mass is 32.1. The number of phenolic OH excluding ortho intramolecular Hbond substituents is 1. The molecule has 0 aliphatic carbocycles. The van der Waals surface area contributed by atoms with Gasteiger partial charge in [0.1, 0.15) is 11.4 Å². The van der Waals surface area contributed by atoms with Gasteiger partial charge in [0, 0.05) is 19.3 Å². The van der Waals surface area contributed by atoms with Crippen molar-refractivity contribution in [3.63, 3.8) is 0 Å². The third kappa shape index (κ3) is 3.35. The van der Waals surface area contributed by atoms with Gasteiger partial charge in [-0.05, 0) is 24.4 Å². The Hall–Kier alpha value is -3.01. The van der Waals surface area contributed by atoms with Crippen LogP contribution in [0.25, 0.3) is 0 Å². The molecule has 1 heterocycles. The van der Waals surface area contributed by atoms with E-state index >= 15 is 0 Å². The Balaban J connectivity index is 2.05. The number of aryl methyl sites for hydroxylation is 1. The van der Waals surface area contributed by atoms with Gasteiger partial charge >= 0.3 is 0 Å². The minimum atomic E-state index is -0.633. The number of nitro groups is 1. The van der Waals surface area contributed by atoms with E-state index in [4.69, 9.17) is 12.2 Å². The molecule has 0 radical (unpaired) electrons. The number of carbonyl (C=O) groups is 1. The van der Waals surface area contributed by atoms with E-state index in [1.165, 1.54) is 29.1 Å². The number of nitrogens with zero attached hydrogens (tertiary/aromatic N) is 3. The van der Waals surface area contributed by atoms with Crippen LogP contribution < -0.4 is 10.6 Å². The Morgan fingerprint density at radius 3 is 2.73 bits per heavy atom. The number of non-ortho nitro benzene ring substituents is 1. The normalized spacial score (nSPS) is 10.0. The maximum Gasteiger partial charge on any atom is 0.275 e. The fourth-order valence-electron chi connectivity index (χ4n) is 1.66. The van der Waals surface area contributed by atoms with Crippen LogP contribution >= 0.6 is 12.2 Å². The molecule has 0 aliphatic heterocycles. The van der Waals surface area contributed by atoms with Gasteiger partial charge in [-0.15, -0.1) is 0 Å². The van der Waals surface area contributed by atoms with Gasteiger partial charge in [-0.25, -0.2) is 0 Å². The molecular formula is C12H11N5O4S. The number of aromatic hydroxyl groups is 1. The van der Waals surface area contributed by atoms with Crippen LogP contribution in [-0.4, -0.2) is 30.8 Å². The number of aromatic nitrogens is 2. The molecule has 1 aromatic carbocycles. The first-order valence-electron chi connectivity index (χ1n) is 5.96. The molecule has 2 rings (SSSR count). The van der Waals surface area contributed by atoms with Crippen molar-refractivity contribution >= 4 is 34.6 Å². The lowest BCUT2D eigenvalue weighted by atomic mass is 10.2. The number of hydrogen-bond acceptors (Lipinski definition) is 6. The Kier molecular flexibility index (Phi) is 4.32. The average molecular weight is 321 g/mol. The molecule has 10 heteroatoms. The second kappa shape index (κ2) is 6.18. The highest BCUT2D eigenvalue weighted by Gasteiger charge is 2.14. The van der Waals surface area contributed by atoms with Crippen LogP contribution in [0.5, 0.6) is 5.75 Å². The lowest BCUT2D eigenvalue weighted by molar-refractivity contribution is -0.384. The number of hydrogen-bond donors (Lipinski definition) is 3. The van der Waals surface area contributed by atoms with E-state index in [1.807, 2.05) is 0 Å². The molecule has 1 amide bonds. The van der Waals surface area contributed by atoms with Crippen molar-refractivity contribution < 1.29 is 14.8 Å². The van der Waals surface area contributed by atoms with E-state index in [0.717, 1.165) is 6.07 Å². The molecule has 0 atom stereocenters. The van der Waals surface area contributed by atoms with E-state index in [1.54, 1.807) is 7.05 Å². The van der Waals surface area contributed by atoms with Crippen molar-refractivity contribution in [2.75, 3.05) is 5.32 Å². The molecule has 0 bridgehead atoms. The molecular weight excluding hydrogens is 310 g/mol. The summed E-state index contributed by atoms with van der Waals surface area (Å²) in [6.45, 7) is 0. The minimum Gasteiger partial charge on any atom is -0.506 e. The molecule has 0 aliphatic rings. The molecule has 1 aromatic heterocycles. The molecule has 9 nitrogen and oxygen atoms in total. The summed E-state index contributed by atoms with van der Waals surface area (Å²) in [4.78, 5) is 21.8. The topological polar surface area (TPSA) is 122 Å². The van der Waals surface area contributed by atoms with Crippen LogP contribution in [0.2, 0.25) is 0 Å². The zero-order valence-electron chi connectivity index (χ0n) is 11.3. The molecule has 0 saturated carbocycles. The van der Waals surface area contributed by atoms with E-state index in [2.05, 4.69) is 15.7 Å². The third-order valence-electron chi connectivity index (χ3n) is 2.72. The van der Waals surface area contributed by atoms with Crippen molar-refractivity contribution in [3.05, 3.63) is 46.3 Å². The number of rotatable bonds is 3. The quantitative estimate of drug-likeness (QED) is 0.335. The number of amides is 1. The first-order chi connectivity index (χ1) is 10.4. The monoisotopic (exact) mass is 321 g/mol. The molecule has 0 fully saturated rings. The summed E-state index contributed by atoms with van der Waals surface area (Å²) in [7, 11) is 1.60. The van der Waals surface area contributed by atoms with Crippen LogP contribution in [-0.2, 0) is 7.05 Å². The predicted molar refractivity (Wildman–Crippen MR) is 81.7 cm³/mol. The molecule has 0 unspecified atom stereocenters. The molecule has 2 aromatic rings. The van der Waals surface area contributed by atoms with E-state index in [-0.39, 0.29) is 22.2 Å². The number of phenols is 1. The number of carbonyl (C=O) groups excluding carboxylic acids is 1. The van der Waals surface area contributed by atoms with Gasteiger partial charge in [-0.2, -0.15) is 5.10 Å². The Morgan fingerprint density at radius 2 is 2.18 bits per heavy atom. The van der Waals surface area contributed by atoms with E-state index in [0.29, 0.717) is 5.69 Å². The minimum absolute atomic E-state index is 0.0599. The van der Waals surface area contributed by atoms with Crippen LogP contribution in [0.4, 0.5) is 11.4 Å². The van der Waals surface area contributed by atoms with Crippen LogP contribution in [0.15, 0.2) is 30.5 Å². The highest BCUT2D eigenvalue weighted by molar-refractivity contribution is 7.80. The fourth-order valence-corrected chi connectivity index (χ4v) is 1.86. The number of benzene rings is 1. The van der Waals surface area contributed by atoms with Crippen molar-refractivity contribution in [2.24, 2.45) is 7.05 Å². The lowest BCUT2D eigenvalue weighted by Gasteiger charge is -2.10. The first kappa shape index (κ1) is 15.4. The second-order valence-corrected chi connectivity index (χ2v) is 4.62. The maximum absolute atomic E-state index is 11.9. The number of nitro benzene ring substituents is 1. The molecule has 0 saturated heterocycles. The zero-order valence-corrected chi connectivity index (χ0v) is 12.1. The van der Waals surface area contributed by atoms with Gasteiger partial charge in [0.2, 0.25) is 0 Å². The SMILES string of the molecule is Cn1nccc1C(=O)NC(=S)Nc1ccc([N+](=O)[O-])cc1O. The van der Waals surface area contributed by atoms with E-state index in [9.17, 15) is 20.0 Å². The van der Waals surface area contributed by atoms with Gasteiger partial charge in [-0.1, -0.05) is 0 Å². The summed E-state index contributed by atoms with van der Waals surface area (Å²) in [5.74, 6) is -0.828. The summed E-state index contributed by atoms with van der Waals surface area (Å²) >= 11 is 4.96. The second-order valence-electron chi connectivity index (χ2n) is 4.21. The van der Waals surface area contributed by atoms with Gasteiger partial charge in [-0.3, -0.25) is 24.9 Å². The Labute approximate surface area is 129 Å². The highest BCUT2D eigenvalue weighted by Crippen LogP contribution is 2.27. The zero-order chi connectivity index (χ0) is 16.3. The van der Waals surface area contributed by atoms with Gasteiger partial charge in [0.15, 0.2) is 5.11 Å². The number of nitrogens with one attached hydrogen (secondary N) is 2. The average Bonchev–Trinajstić information content (AvgIpc) is 2.87. The fraction of sp³-hybridized carbons (Fsp3) is 0.0833. The standard InChI is InChI=1S/C12H11N5O4S/c1-16-9(4-5-13-16)11(19)15-12(22)14-8-3-2-7(17(20)21)6-10(8)18/h2-6,18H,1H3,(H2,14,15,19,22). The molecule has 114 valence electrons. The molecule has 3 N–H and O–H groups in total. The van der Waals surface area contributed by atoms with Crippen molar-refractivity contribution in [3.8, 4) is 5.75 Å². The van der Waals surface area contributed by atoms with Crippen LogP contribution in [0, 0.1) is 10.1 Å². The Morgan fingerprint density at radius 1 is 1.45 bits per heavy atom. The summed E-state index contributed by atoms with van der Waals surface area (Å²) in [6, 6.07) is 4.98. The Bertz CT molecular complexity index is 758. The number of thiocarbonyl (C=S) groups is 1. The largest absolute Gasteiger partial charge is 0.506 e. The van der Waals surface area contributed by atoms with Crippen LogP contribution in [0.3, 0.4) is 0 Å². The first-order valence-corrected chi connectivity index (χ1v) is 6.37. The molecule has 22 heavy (non-hydrogen) atoms. The smallest absolute Gasteiger partial charge is 0.275 e. The summed E-state index contributed by atoms with van der Waals surface area (Å²) in [5, 5.41) is 29.1. The van der Waals surface area contributed by atoms with Gasteiger partial charge < -0.3 is 10.4 Å². The summed E-state index contributed by atoms with van der Waals surface area (Å²) in [6.07, 6.45) is 1.47. The van der Waals surface area contributed by atoms with E-state index < -0.39 is 10.8 Å². The molecule has 0 spiro atoms.